The van der Waals surface area contributed by atoms with Crippen LogP contribution in [0.25, 0.3) is 5.52 Å². The van der Waals surface area contributed by atoms with Gasteiger partial charge in [-0.1, -0.05) is 0 Å². The number of halogens is 2. The monoisotopic (exact) mass is 435 g/mol. The molecule has 1 aliphatic carbocycles. The van der Waals surface area contributed by atoms with Crippen LogP contribution in [0.15, 0.2) is 17.1 Å². The minimum Gasteiger partial charge on any atom is -0.477 e. The Balaban J connectivity index is 0.00000218. The lowest BCUT2D eigenvalue weighted by Gasteiger charge is -2.25. The molecule has 0 aromatic carbocycles. The zero-order valence-electron chi connectivity index (χ0n) is 17.0. The fourth-order valence-corrected chi connectivity index (χ4v) is 5.32. The molecule has 2 aromatic rings. The summed E-state index contributed by atoms with van der Waals surface area (Å²) in [6.45, 7) is 4.53. The number of aromatic carboxylic acids is 1. The molecule has 1 saturated carbocycles. The number of nitrogens with zero attached hydrogens (tertiary/aromatic N) is 2. The molecule has 0 unspecified atom stereocenters. The molecule has 0 spiro atoms. The van der Waals surface area contributed by atoms with E-state index in [1.807, 2.05) is 6.92 Å². The number of carboxylic acids is 1. The number of anilines is 1. The van der Waals surface area contributed by atoms with Crippen molar-refractivity contribution >= 4 is 29.6 Å². The lowest BCUT2D eigenvalue weighted by molar-refractivity contribution is 0.0694. The third-order valence-corrected chi connectivity index (χ3v) is 6.90. The van der Waals surface area contributed by atoms with Crippen molar-refractivity contribution in [2.45, 2.75) is 51.0 Å². The van der Waals surface area contributed by atoms with Crippen LogP contribution in [0.5, 0.6) is 0 Å². The van der Waals surface area contributed by atoms with E-state index in [1.165, 1.54) is 29.5 Å². The molecule has 8 heteroatoms. The minimum atomic E-state index is -1.26. The van der Waals surface area contributed by atoms with Gasteiger partial charge in [0.05, 0.1) is 17.4 Å². The molecule has 2 saturated heterocycles. The number of hydrogen-bond donors (Lipinski definition) is 2. The summed E-state index contributed by atoms with van der Waals surface area (Å²) < 4.78 is 16.5. The third kappa shape index (κ3) is 3.38. The molecule has 4 heterocycles. The summed E-state index contributed by atoms with van der Waals surface area (Å²) in [7, 11) is 0. The minimum absolute atomic E-state index is 0. The maximum absolute atomic E-state index is 15.2. The van der Waals surface area contributed by atoms with Gasteiger partial charge in [0, 0.05) is 19.1 Å². The smallest absolute Gasteiger partial charge is 0.341 e. The average molecular weight is 436 g/mol. The van der Waals surface area contributed by atoms with E-state index in [0.717, 1.165) is 50.0 Å². The number of nitrogens with one attached hydrogen (secondary N) is 1. The van der Waals surface area contributed by atoms with Crippen molar-refractivity contribution < 1.29 is 14.3 Å². The first-order chi connectivity index (χ1) is 14.0. The molecule has 162 valence electrons. The lowest BCUT2D eigenvalue weighted by atomic mass is 9.98. The topological polar surface area (TPSA) is 74.0 Å². The Morgan fingerprint density at radius 2 is 2.03 bits per heavy atom. The van der Waals surface area contributed by atoms with Gasteiger partial charge in [-0.25, -0.2) is 9.18 Å². The fourth-order valence-electron chi connectivity index (χ4n) is 5.32. The lowest BCUT2D eigenvalue weighted by Crippen LogP contribution is -2.33. The second-order valence-electron chi connectivity index (χ2n) is 8.76. The van der Waals surface area contributed by atoms with Crippen LogP contribution in [-0.4, -0.2) is 41.2 Å². The summed E-state index contributed by atoms with van der Waals surface area (Å²) in [5.74, 6) is -0.969. The highest BCUT2D eigenvalue weighted by molar-refractivity contribution is 5.89. The van der Waals surface area contributed by atoms with Crippen molar-refractivity contribution in [2.24, 2.45) is 5.92 Å². The Bertz CT molecular complexity index is 1060. The molecule has 2 aromatic heterocycles. The van der Waals surface area contributed by atoms with Crippen molar-refractivity contribution in [3.63, 3.8) is 0 Å². The van der Waals surface area contributed by atoms with Gasteiger partial charge in [-0.2, -0.15) is 0 Å². The summed E-state index contributed by atoms with van der Waals surface area (Å²) >= 11 is 0. The van der Waals surface area contributed by atoms with Gasteiger partial charge >= 0.3 is 5.97 Å². The molecule has 30 heavy (non-hydrogen) atoms. The number of hydrogen-bond acceptors (Lipinski definition) is 4. The van der Waals surface area contributed by atoms with Crippen LogP contribution in [0.2, 0.25) is 0 Å². The average Bonchev–Trinajstić information content (AvgIpc) is 3.16. The van der Waals surface area contributed by atoms with Gasteiger partial charge in [-0.05, 0) is 74.6 Å². The first-order valence-electron chi connectivity index (χ1n) is 10.6. The van der Waals surface area contributed by atoms with E-state index in [2.05, 4.69) is 10.2 Å². The normalized spacial score (nSPS) is 23.7. The van der Waals surface area contributed by atoms with Crippen molar-refractivity contribution in [3.8, 4) is 0 Å². The maximum Gasteiger partial charge on any atom is 0.341 e. The van der Waals surface area contributed by atoms with Crippen LogP contribution >= 0.6 is 12.4 Å². The molecule has 0 radical (unpaired) electrons. The zero-order valence-corrected chi connectivity index (χ0v) is 17.8. The number of rotatable bonds is 4. The van der Waals surface area contributed by atoms with E-state index in [4.69, 9.17) is 0 Å². The molecule has 3 fully saturated rings. The Kier molecular flexibility index (Phi) is 5.53. The molecule has 2 N–H and O–H groups in total. The number of aromatic nitrogens is 1. The Labute approximate surface area is 180 Å². The highest BCUT2D eigenvalue weighted by Crippen LogP contribution is 2.44. The van der Waals surface area contributed by atoms with Crippen LogP contribution in [0.4, 0.5) is 10.1 Å². The highest BCUT2D eigenvalue weighted by atomic mass is 35.5. The van der Waals surface area contributed by atoms with Crippen LogP contribution in [0.3, 0.4) is 0 Å². The molecule has 0 bridgehead atoms. The standard InChI is InChI=1S/C22H26FN3O3.ClH/c1-12-19-15(13-4-5-13)9-16(22(28)29)21(27)26(19)11-17(23)20(12)25-8-6-14(10-25)18-3-2-7-24-18;/h9,11,13-14,18,24H,2-8,10H2,1H3,(H,28,29);1H/t14-,18+;/m1./s1. The zero-order chi connectivity index (χ0) is 20.3. The highest BCUT2D eigenvalue weighted by Gasteiger charge is 2.34. The van der Waals surface area contributed by atoms with Crippen molar-refractivity contribution in [1.29, 1.82) is 0 Å². The van der Waals surface area contributed by atoms with E-state index in [9.17, 15) is 14.7 Å². The Morgan fingerprint density at radius 1 is 1.27 bits per heavy atom. The van der Waals surface area contributed by atoms with Crippen LogP contribution < -0.4 is 15.8 Å². The molecular weight excluding hydrogens is 409 g/mol. The van der Waals surface area contributed by atoms with E-state index >= 15 is 4.39 Å². The first kappa shape index (κ1) is 21.1. The number of pyridine rings is 2. The van der Waals surface area contributed by atoms with E-state index in [0.29, 0.717) is 23.2 Å². The van der Waals surface area contributed by atoms with Crippen LogP contribution in [-0.2, 0) is 0 Å². The van der Waals surface area contributed by atoms with Crippen molar-refractivity contribution in [3.05, 3.63) is 45.1 Å². The van der Waals surface area contributed by atoms with Crippen molar-refractivity contribution in [2.75, 3.05) is 24.5 Å². The molecule has 3 aliphatic rings. The number of fused-ring (bicyclic) bond motifs is 1. The van der Waals surface area contributed by atoms with E-state index in [-0.39, 0.29) is 23.9 Å². The van der Waals surface area contributed by atoms with Crippen molar-refractivity contribution in [1.82, 2.24) is 9.72 Å². The number of aryl methyl sites for hydroxylation is 1. The molecule has 0 amide bonds. The Morgan fingerprint density at radius 3 is 2.67 bits per heavy atom. The summed E-state index contributed by atoms with van der Waals surface area (Å²) in [6, 6.07) is 2.02. The second kappa shape index (κ2) is 7.85. The largest absolute Gasteiger partial charge is 0.477 e. The van der Waals surface area contributed by atoms with Gasteiger partial charge in [-0.3, -0.25) is 9.20 Å². The fraction of sp³-hybridized carbons (Fsp3) is 0.545. The van der Waals surface area contributed by atoms with E-state index < -0.39 is 17.3 Å². The number of carboxylic acid groups (broad SMARTS) is 1. The summed E-state index contributed by atoms with van der Waals surface area (Å²) in [4.78, 5) is 26.4. The van der Waals surface area contributed by atoms with Gasteiger partial charge in [0.25, 0.3) is 5.56 Å². The summed E-state index contributed by atoms with van der Waals surface area (Å²) in [5.41, 5.74) is 1.88. The number of carbonyl (C=O) groups is 1. The molecule has 5 rings (SSSR count). The summed E-state index contributed by atoms with van der Waals surface area (Å²) in [5, 5.41) is 13.0. The molecule has 2 atom stereocenters. The van der Waals surface area contributed by atoms with Gasteiger partial charge in [-0.15, -0.1) is 12.4 Å². The first-order valence-corrected chi connectivity index (χ1v) is 10.6. The predicted molar refractivity (Wildman–Crippen MR) is 116 cm³/mol. The summed E-state index contributed by atoms with van der Waals surface area (Å²) in [6.07, 6.45) is 6.54. The molecule has 2 aliphatic heterocycles. The Hall–Kier alpha value is -2.12. The van der Waals surface area contributed by atoms with Gasteiger partial charge in [0.1, 0.15) is 5.56 Å². The second-order valence-corrected chi connectivity index (χ2v) is 8.76. The third-order valence-electron chi connectivity index (χ3n) is 6.90. The molecule has 6 nitrogen and oxygen atoms in total. The maximum atomic E-state index is 15.2. The van der Waals surface area contributed by atoms with Crippen LogP contribution in [0, 0.1) is 18.7 Å². The van der Waals surface area contributed by atoms with Crippen LogP contribution in [0.1, 0.15) is 59.5 Å². The van der Waals surface area contributed by atoms with Gasteiger partial charge in [0.15, 0.2) is 5.82 Å². The van der Waals surface area contributed by atoms with Gasteiger partial charge in [0.2, 0.25) is 0 Å². The van der Waals surface area contributed by atoms with E-state index in [1.54, 1.807) is 0 Å². The SMILES string of the molecule is Cc1c(N2CC[C@@H]([C@@H]3CCCN3)C2)c(F)cn2c(=O)c(C(=O)O)cc(C3CC3)c12.Cl. The predicted octanol–water partition coefficient (Wildman–Crippen LogP) is 3.32. The quantitative estimate of drug-likeness (QED) is 0.770. The molecular formula is C22H27ClFN3O3. The van der Waals surface area contributed by atoms with Gasteiger partial charge < -0.3 is 15.3 Å².